The summed E-state index contributed by atoms with van der Waals surface area (Å²) in [6.07, 6.45) is 1.56. The van der Waals surface area contributed by atoms with Crippen LogP contribution in [0.3, 0.4) is 0 Å². The van der Waals surface area contributed by atoms with Crippen molar-refractivity contribution in [3.63, 3.8) is 0 Å². The summed E-state index contributed by atoms with van der Waals surface area (Å²) < 4.78 is 0. The molecule has 2 aromatic carbocycles. The number of anilines is 1. The molecular formula is C16H15N3O. The van der Waals surface area contributed by atoms with Gasteiger partial charge in [0, 0.05) is 11.9 Å². The molecule has 0 radical (unpaired) electrons. The van der Waals surface area contributed by atoms with Gasteiger partial charge in [-0.1, -0.05) is 36.4 Å². The van der Waals surface area contributed by atoms with Crippen LogP contribution >= 0.6 is 0 Å². The van der Waals surface area contributed by atoms with E-state index < -0.39 is 0 Å². The van der Waals surface area contributed by atoms with Gasteiger partial charge in [-0.3, -0.25) is 0 Å². The molecule has 100 valence electrons. The Kier molecular flexibility index (Phi) is 3.56. The van der Waals surface area contributed by atoms with E-state index in [1.54, 1.807) is 6.33 Å². The van der Waals surface area contributed by atoms with Crippen LogP contribution in [-0.4, -0.2) is 15.1 Å². The van der Waals surface area contributed by atoms with Crippen LogP contribution in [0, 0.1) is 0 Å². The van der Waals surface area contributed by atoms with Crippen molar-refractivity contribution in [1.29, 1.82) is 0 Å². The van der Waals surface area contributed by atoms with Crippen molar-refractivity contribution in [1.82, 2.24) is 9.97 Å². The predicted octanol–water partition coefficient (Wildman–Crippen LogP) is 2.73. The monoisotopic (exact) mass is 265 g/mol. The lowest BCUT2D eigenvalue weighted by atomic mass is 10.1. The van der Waals surface area contributed by atoms with Crippen molar-refractivity contribution in [2.75, 3.05) is 5.32 Å². The molecule has 20 heavy (non-hydrogen) atoms. The number of benzene rings is 2. The van der Waals surface area contributed by atoms with Gasteiger partial charge in [-0.25, -0.2) is 9.97 Å². The first-order valence-corrected chi connectivity index (χ1v) is 6.50. The van der Waals surface area contributed by atoms with Crippen molar-refractivity contribution in [2.45, 2.75) is 13.2 Å². The van der Waals surface area contributed by atoms with E-state index >= 15 is 0 Å². The molecule has 1 aromatic heterocycles. The van der Waals surface area contributed by atoms with Crippen LogP contribution in [0.15, 0.2) is 54.9 Å². The van der Waals surface area contributed by atoms with Crippen LogP contribution in [0.25, 0.3) is 10.9 Å². The predicted molar refractivity (Wildman–Crippen MR) is 79.2 cm³/mol. The van der Waals surface area contributed by atoms with E-state index in [0.717, 1.165) is 27.8 Å². The standard InChI is InChI=1S/C16H15N3O/c20-10-13-6-2-1-5-12(13)9-17-16-14-7-3-4-8-15(14)18-11-19-16/h1-8,11,20H,9-10H2,(H,17,18,19). The number of hydrogen-bond acceptors (Lipinski definition) is 4. The lowest BCUT2D eigenvalue weighted by Crippen LogP contribution is -2.05. The number of nitrogens with one attached hydrogen (secondary N) is 1. The van der Waals surface area contributed by atoms with Gasteiger partial charge in [0.1, 0.15) is 12.1 Å². The lowest BCUT2D eigenvalue weighted by Gasteiger charge is -2.10. The second-order valence-electron chi connectivity index (χ2n) is 4.52. The van der Waals surface area contributed by atoms with E-state index in [1.165, 1.54) is 0 Å². The van der Waals surface area contributed by atoms with Gasteiger partial charge in [0.15, 0.2) is 0 Å². The SMILES string of the molecule is OCc1ccccc1CNc1ncnc2ccccc12. The molecule has 0 atom stereocenters. The number of nitrogens with zero attached hydrogens (tertiary/aromatic N) is 2. The Bertz CT molecular complexity index is 722. The zero-order valence-electron chi connectivity index (χ0n) is 11.0. The summed E-state index contributed by atoms with van der Waals surface area (Å²) in [6.45, 7) is 0.667. The molecule has 3 rings (SSSR count). The van der Waals surface area contributed by atoms with Gasteiger partial charge in [-0.2, -0.15) is 0 Å². The third-order valence-corrected chi connectivity index (χ3v) is 3.28. The lowest BCUT2D eigenvalue weighted by molar-refractivity contribution is 0.280. The van der Waals surface area contributed by atoms with Crippen LogP contribution in [0.5, 0.6) is 0 Å². The second-order valence-corrected chi connectivity index (χ2v) is 4.52. The second kappa shape index (κ2) is 5.67. The van der Waals surface area contributed by atoms with E-state index in [4.69, 9.17) is 0 Å². The molecule has 3 aromatic rings. The fourth-order valence-corrected chi connectivity index (χ4v) is 2.21. The highest BCUT2D eigenvalue weighted by Gasteiger charge is 2.04. The van der Waals surface area contributed by atoms with Crippen LogP contribution in [0.4, 0.5) is 5.82 Å². The molecule has 0 unspecified atom stereocenters. The molecular weight excluding hydrogens is 250 g/mol. The summed E-state index contributed by atoms with van der Waals surface area (Å²) in [5.41, 5.74) is 2.91. The van der Waals surface area contributed by atoms with Gasteiger partial charge in [0.05, 0.1) is 12.1 Å². The van der Waals surface area contributed by atoms with Crippen LogP contribution in [-0.2, 0) is 13.2 Å². The largest absolute Gasteiger partial charge is 0.392 e. The van der Waals surface area contributed by atoms with Gasteiger partial charge in [0.25, 0.3) is 0 Å². The van der Waals surface area contributed by atoms with E-state index in [2.05, 4.69) is 15.3 Å². The Morgan fingerprint density at radius 3 is 2.50 bits per heavy atom. The quantitative estimate of drug-likeness (QED) is 0.761. The number of rotatable bonds is 4. The smallest absolute Gasteiger partial charge is 0.137 e. The zero-order chi connectivity index (χ0) is 13.8. The maximum atomic E-state index is 9.33. The minimum absolute atomic E-state index is 0.0440. The van der Waals surface area contributed by atoms with E-state index in [1.807, 2.05) is 48.5 Å². The Morgan fingerprint density at radius 1 is 0.900 bits per heavy atom. The molecule has 0 fully saturated rings. The maximum absolute atomic E-state index is 9.33. The number of hydrogen-bond donors (Lipinski definition) is 2. The third kappa shape index (κ3) is 2.46. The van der Waals surface area contributed by atoms with E-state index in [9.17, 15) is 5.11 Å². The number of para-hydroxylation sites is 1. The van der Waals surface area contributed by atoms with Gasteiger partial charge in [0.2, 0.25) is 0 Å². The zero-order valence-corrected chi connectivity index (χ0v) is 11.0. The average molecular weight is 265 g/mol. The molecule has 0 saturated carbocycles. The van der Waals surface area contributed by atoms with Crippen LogP contribution in [0.1, 0.15) is 11.1 Å². The van der Waals surface area contributed by atoms with E-state index in [0.29, 0.717) is 6.54 Å². The van der Waals surface area contributed by atoms with Crippen LogP contribution < -0.4 is 5.32 Å². The molecule has 2 N–H and O–H groups in total. The normalized spacial score (nSPS) is 10.7. The third-order valence-electron chi connectivity index (χ3n) is 3.28. The Morgan fingerprint density at radius 2 is 1.65 bits per heavy atom. The first kappa shape index (κ1) is 12.6. The topological polar surface area (TPSA) is 58.0 Å². The van der Waals surface area contributed by atoms with Gasteiger partial charge >= 0.3 is 0 Å². The van der Waals surface area contributed by atoms with Gasteiger partial charge in [-0.05, 0) is 23.3 Å². The summed E-state index contributed by atoms with van der Waals surface area (Å²) >= 11 is 0. The Balaban J connectivity index is 1.87. The minimum atomic E-state index is 0.0440. The Hall–Kier alpha value is -2.46. The van der Waals surface area contributed by atoms with Crippen LogP contribution in [0.2, 0.25) is 0 Å². The van der Waals surface area contributed by atoms with Crippen molar-refractivity contribution >= 4 is 16.7 Å². The van der Waals surface area contributed by atoms with Crippen molar-refractivity contribution in [2.24, 2.45) is 0 Å². The molecule has 4 nitrogen and oxygen atoms in total. The molecule has 0 bridgehead atoms. The number of aliphatic hydroxyl groups is 1. The van der Waals surface area contributed by atoms with E-state index in [-0.39, 0.29) is 6.61 Å². The minimum Gasteiger partial charge on any atom is -0.392 e. The highest BCUT2D eigenvalue weighted by molar-refractivity contribution is 5.88. The first-order valence-electron chi connectivity index (χ1n) is 6.50. The summed E-state index contributed by atoms with van der Waals surface area (Å²) in [7, 11) is 0. The molecule has 0 amide bonds. The summed E-state index contributed by atoms with van der Waals surface area (Å²) in [5, 5.41) is 13.6. The van der Waals surface area contributed by atoms with Crippen molar-refractivity contribution < 1.29 is 5.11 Å². The number of aliphatic hydroxyl groups excluding tert-OH is 1. The molecule has 0 saturated heterocycles. The molecule has 4 heteroatoms. The molecule has 0 aliphatic carbocycles. The van der Waals surface area contributed by atoms with Gasteiger partial charge < -0.3 is 10.4 Å². The number of fused-ring (bicyclic) bond motifs is 1. The molecule has 0 spiro atoms. The van der Waals surface area contributed by atoms with Crippen molar-refractivity contribution in [3.8, 4) is 0 Å². The van der Waals surface area contributed by atoms with Gasteiger partial charge in [-0.15, -0.1) is 0 Å². The molecule has 0 aliphatic rings. The number of aromatic nitrogens is 2. The first-order chi connectivity index (χ1) is 9.88. The molecule has 1 heterocycles. The molecule has 0 aliphatic heterocycles. The summed E-state index contributed by atoms with van der Waals surface area (Å²) in [4.78, 5) is 8.53. The fourth-order valence-electron chi connectivity index (χ4n) is 2.21. The summed E-state index contributed by atoms with van der Waals surface area (Å²) in [5.74, 6) is 0.809. The average Bonchev–Trinajstić information content (AvgIpc) is 2.53. The van der Waals surface area contributed by atoms with Crippen molar-refractivity contribution in [3.05, 3.63) is 66.0 Å². The fraction of sp³-hybridized carbons (Fsp3) is 0.125. The highest BCUT2D eigenvalue weighted by atomic mass is 16.3. The Labute approximate surface area is 117 Å². The summed E-state index contributed by atoms with van der Waals surface area (Å²) in [6, 6.07) is 15.7. The highest BCUT2D eigenvalue weighted by Crippen LogP contribution is 2.19. The maximum Gasteiger partial charge on any atom is 0.137 e.